The molecule has 3 rings (SSSR count). The molecule has 32 heavy (non-hydrogen) atoms. The van der Waals surface area contributed by atoms with Gasteiger partial charge >= 0.3 is 0 Å². The van der Waals surface area contributed by atoms with Gasteiger partial charge in [0, 0.05) is 26.9 Å². The molecule has 0 saturated heterocycles. The van der Waals surface area contributed by atoms with E-state index in [-0.39, 0.29) is 17.8 Å². The lowest BCUT2D eigenvalue weighted by molar-refractivity contribution is 0.102. The molecule has 0 heterocycles. The number of benzene rings is 3. The van der Waals surface area contributed by atoms with Gasteiger partial charge < -0.3 is 10.1 Å². The third-order valence-corrected chi connectivity index (χ3v) is 6.07. The maximum absolute atomic E-state index is 13.3. The highest BCUT2D eigenvalue weighted by Crippen LogP contribution is 2.28. The summed E-state index contributed by atoms with van der Waals surface area (Å²) in [6.45, 7) is -0.127. The van der Waals surface area contributed by atoms with Gasteiger partial charge in [0.25, 0.3) is 5.91 Å². The van der Waals surface area contributed by atoms with Gasteiger partial charge in [-0.25, -0.2) is 12.8 Å². The van der Waals surface area contributed by atoms with Crippen LogP contribution >= 0.6 is 23.2 Å². The number of sulfonamides is 1. The maximum Gasteiger partial charge on any atom is 0.255 e. The fourth-order valence-corrected chi connectivity index (χ4v) is 4.44. The van der Waals surface area contributed by atoms with Crippen LogP contribution in [0.15, 0.2) is 60.7 Å². The average Bonchev–Trinajstić information content (AvgIpc) is 2.71. The second kappa shape index (κ2) is 9.77. The number of methoxy groups -OCH3 is 1. The third kappa shape index (κ3) is 5.91. The van der Waals surface area contributed by atoms with Gasteiger partial charge in [-0.1, -0.05) is 23.2 Å². The molecule has 0 aliphatic heterocycles. The summed E-state index contributed by atoms with van der Waals surface area (Å²) in [5.74, 6) is -0.539. The van der Waals surface area contributed by atoms with Crippen LogP contribution in [0.5, 0.6) is 5.75 Å². The topological polar surface area (TPSA) is 75.7 Å². The molecule has 168 valence electrons. The molecule has 0 aliphatic carbocycles. The highest BCUT2D eigenvalue weighted by molar-refractivity contribution is 7.92. The first-order valence-electron chi connectivity index (χ1n) is 9.24. The van der Waals surface area contributed by atoms with Crippen LogP contribution in [-0.4, -0.2) is 27.7 Å². The molecule has 10 heteroatoms. The minimum Gasteiger partial charge on any atom is -0.496 e. The van der Waals surface area contributed by atoms with E-state index in [1.165, 1.54) is 37.4 Å². The molecule has 6 nitrogen and oxygen atoms in total. The first-order valence-corrected chi connectivity index (χ1v) is 11.8. The first-order chi connectivity index (χ1) is 15.1. The Bertz CT molecular complexity index is 1230. The van der Waals surface area contributed by atoms with Crippen LogP contribution in [0, 0.1) is 5.82 Å². The van der Waals surface area contributed by atoms with Gasteiger partial charge in [0.15, 0.2) is 0 Å². The number of nitrogens with one attached hydrogen (secondary N) is 1. The van der Waals surface area contributed by atoms with Crippen molar-refractivity contribution in [2.75, 3.05) is 23.0 Å². The maximum atomic E-state index is 13.3. The quantitative estimate of drug-likeness (QED) is 0.477. The van der Waals surface area contributed by atoms with Crippen molar-refractivity contribution >= 4 is 50.5 Å². The molecule has 1 amide bonds. The van der Waals surface area contributed by atoms with Gasteiger partial charge in [-0.15, -0.1) is 0 Å². The van der Waals surface area contributed by atoms with Crippen molar-refractivity contribution < 1.29 is 22.3 Å². The summed E-state index contributed by atoms with van der Waals surface area (Å²) in [6.07, 6.45) is 1.04. The standard InChI is InChI=1S/C22H19Cl2FN2O4S/c1-31-21-8-3-14(22(28)26-19-11-16(23)10-17(24)12-19)9-15(21)13-27(32(2,29)30)20-6-4-18(25)5-7-20/h3-12H,13H2,1-2H3,(H,26,28). The molecule has 0 aromatic heterocycles. The first kappa shape index (κ1) is 23.8. The Kier molecular flexibility index (Phi) is 7.28. The van der Waals surface area contributed by atoms with Gasteiger partial charge in [0.1, 0.15) is 11.6 Å². The zero-order valence-corrected chi connectivity index (χ0v) is 19.4. The predicted molar refractivity (Wildman–Crippen MR) is 125 cm³/mol. The van der Waals surface area contributed by atoms with E-state index in [9.17, 15) is 17.6 Å². The van der Waals surface area contributed by atoms with Crippen molar-refractivity contribution in [1.29, 1.82) is 0 Å². The second-order valence-corrected chi connectivity index (χ2v) is 9.66. The van der Waals surface area contributed by atoms with E-state index in [0.717, 1.165) is 10.6 Å². The molecule has 0 atom stereocenters. The third-order valence-electron chi connectivity index (χ3n) is 4.49. The van der Waals surface area contributed by atoms with E-state index in [4.69, 9.17) is 27.9 Å². The molecular formula is C22H19Cl2FN2O4S. The molecule has 0 fully saturated rings. The van der Waals surface area contributed by atoms with Crippen LogP contribution < -0.4 is 14.4 Å². The molecule has 0 bridgehead atoms. The van der Waals surface area contributed by atoms with Crippen molar-refractivity contribution in [2.45, 2.75) is 6.54 Å². The van der Waals surface area contributed by atoms with Crippen LogP contribution in [0.2, 0.25) is 10.0 Å². The molecule has 3 aromatic carbocycles. The highest BCUT2D eigenvalue weighted by Gasteiger charge is 2.21. The lowest BCUT2D eigenvalue weighted by Crippen LogP contribution is -2.29. The molecule has 3 aromatic rings. The Labute approximate surface area is 195 Å². The van der Waals surface area contributed by atoms with Crippen LogP contribution in [-0.2, 0) is 16.6 Å². The van der Waals surface area contributed by atoms with E-state index in [1.54, 1.807) is 30.3 Å². The Hall–Kier alpha value is -2.81. The normalized spacial score (nSPS) is 11.2. The highest BCUT2D eigenvalue weighted by atomic mass is 35.5. The lowest BCUT2D eigenvalue weighted by atomic mass is 10.1. The summed E-state index contributed by atoms with van der Waals surface area (Å²) in [6, 6.07) is 14.4. The molecule has 1 N–H and O–H groups in total. The fourth-order valence-electron chi connectivity index (χ4n) is 3.03. The number of hydrogen-bond acceptors (Lipinski definition) is 4. The van der Waals surface area contributed by atoms with Crippen LogP contribution in [0.25, 0.3) is 0 Å². The van der Waals surface area contributed by atoms with E-state index in [0.29, 0.717) is 27.0 Å². The van der Waals surface area contributed by atoms with Crippen molar-refractivity contribution in [3.8, 4) is 5.75 Å². The average molecular weight is 497 g/mol. The smallest absolute Gasteiger partial charge is 0.255 e. The number of nitrogens with zero attached hydrogens (tertiary/aromatic N) is 1. The fraction of sp³-hybridized carbons (Fsp3) is 0.136. The molecule has 0 saturated carbocycles. The summed E-state index contributed by atoms with van der Waals surface area (Å²) in [7, 11) is -2.28. The lowest BCUT2D eigenvalue weighted by Gasteiger charge is -2.24. The monoisotopic (exact) mass is 496 g/mol. The zero-order chi connectivity index (χ0) is 23.5. The van der Waals surface area contributed by atoms with Gasteiger partial charge in [-0.2, -0.15) is 0 Å². The summed E-state index contributed by atoms with van der Waals surface area (Å²) in [4.78, 5) is 12.8. The van der Waals surface area contributed by atoms with Crippen LogP contribution in [0.3, 0.4) is 0 Å². The molecular weight excluding hydrogens is 478 g/mol. The number of hydrogen-bond donors (Lipinski definition) is 1. The number of amides is 1. The summed E-state index contributed by atoms with van der Waals surface area (Å²) in [5, 5.41) is 3.44. The summed E-state index contributed by atoms with van der Waals surface area (Å²) < 4.78 is 44.6. The van der Waals surface area contributed by atoms with Crippen molar-refractivity contribution in [1.82, 2.24) is 0 Å². The summed E-state index contributed by atoms with van der Waals surface area (Å²) in [5.41, 5.74) is 1.40. The van der Waals surface area contributed by atoms with Crippen molar-refractivity contribution in [3.05, 3.63) is 87.7 Å². The van der Waals surface area contributed by atoms with Gasteiger partial charge in [-0.3, -0.25) is 9.10 Å². The van der Waals surface area contributed by atoms with Crippen molar-refractivity contribution in [2.24, 2.45) is 0 Å². The Morgan fingerprint density at radius 3 is 2.22 bits per heavy atom. The Morgan fingerprint density at radius 2 is 1.66 bits per heavy atom. The number of carbonyl (C=O) groups excluding carboxylic acids is 1. The van der Waals surface area contributed by atoms with E-state index < -0.39 is 21.7 Å². The number of carbonyl (C=O) groups is 1. The zero-order valence-electron chi connectivity index (χ0n) is 17.1. The van der Waals surface area contributed by atoms with E-state index >= 15 is 0 Å². The number of halogens is 3. The Balaban J connectivity index is 1.94. The van der Waals surface area contributed by atoms with Gasteiger partial charge in [0.05, 0.1) is 25.6 Å². The van der Waals surface area contributed by atoms with E-state index in [1.807, 2.05) is 0 Å². The SMILES string of the molecule is COc1ccc(C(=O)Nc2cc(Cl)cc(Cl)c2)cc1CN(c1ccc(F)cc1)S(C)(=O)=O. The molecule has 0 aliphatic rings. The molecule has 0 radical (unpaired) electrons. The van der Waals surface area contributed by atoms with Crippen LogP contribution in [0.4, 0.5) is 15.8 Å². The second-order valence-electron chi connectivity index (χ2n) is 6.88. The number of rotatable bonds is 7. The molecule has 0 unspecified atom stereocenters. The number of ether oxygens (including phenoxy) is 1. The summed E-state index contributed by atoms with van der Waals surface area (Å²) >= 11 is 11.9. The largest absolute Gasteiger partial charge is 0.496 e. The minimum atomic E-state index is -3.72. The van der Waals surface area contributed by atoms with Gasteiger partial charge in [-0.05, 0) is 60.7 Å². The predicted octanol–water partition coefficient (Wildman–Crippen LogP) is 5.36. The number of anilines is 2. The van der Waals surface area contributed by atoms with Gasteiger partial charge in [0.2, 0.25) is 10.0 Å². The van der Waals surface area contributed by atoms with Crippen molar-refractivity contribution in [3.63, 3.8) is 0 Å². The Morgan fingerprint density at radius 1 is 1.03 bits per heavy atom. The minimum absolute atomic E-state index is 0.127. The van der Waals surface area contributed by atoms with Crippen LogP contribution in [0.1, 0.15) is 15.9 Å². The van der Waals surface area contributed by atoms with E-state index in [2.05, 4.69) is 5.32 Å². The molecule has 0 spiro atoms.